The molecule has 0 amide bonds. The highest BCUT2D eigenvalue weighted by Crippen LogP contribution is 2.28. The first-order chi connectivity index (χ1) is 7.86. The van der Waals surface area contributed by atoms with Crippen molar-refractivity contribution in [2.75, 3.05) is 6.61 Å². The van der Waals surface area contributed by atoms with E-state index in [0.29, 0.717) is 12.5 Å². The van der Waals surface area contributed by atoms with Crippen molar-refractivity contribution in [3.63, 3.8) is 0 Å². The average Bonchev–Trinajstić information content (AvgIpc) is 2.22. The summed E-state index contributed by atoms with van der Waals surface area (Å²) in [6.45, 7) is 10.9. The van der Waals surface area contributed by atoms with Crippen LogP contribution in [0.5, 0.6) is 5.88 Å². The molecule has 0 spiro atoms. The Labute approximate surface area is 109 Å². The van der Waals surface area contributed by atoms with Crippen molar-refractivity contribution in [3.8, 4) is 5.88 Å². The summed E-state index contributed by atoms with van der Waals surface area (Å²) >= 11 is 6.39. The first-order valence-electron chi connectivity index (χ1n) is 5.93. The molecule has 0 radical (unpaired) electrons. The second-order valence-electron chi connectivity index (χ2n) is 5.22. The van der Waals surface area contributed by atoms with Gasteiger partial charge in [-0.15, -0.1) is 11.6 Å². The van der Waals surface area contributed by atoms with Gasteiger partial charge >= 0.3 is 0 Å². The van der Waals surface area contributed by atoms with Crippen LogP contribution in [0.25, 0.3) is 0 Å². The van der Waals surface area contributed by atoms with Gasteiger partial charge in [-0.2, -0.15) is 0 Å². The van der Waals surface area contributed by atoms with Crippen LogP contribution in [0.2, 0.25) is 0 Å². The lowest BCUT2D eigenvalue weighted by molar-refractivity contribution is 0.322. The monoisotopic (exact) mass is 256 g/mol. The predicted octanol–water partition coefficient (Wildman–Crippen LogP) is 3.38. The first-order valence-corrected chi connectivity index (χ1v) is 6.37. The summed E-state index contributed by atoms with van der Waals surface area (Å²) < 4.78 is 5.45. The van der Waals surface area contributed by atoms with Crippen LogP contribution in [0.4, 0.5) is 0 Å². The molecule has 3 nitrogen and oxygen atoms in total. The molecule has 0 saturated heterocycles. The van der Waals surface area contributed by atoms with Gasteiger partial charge < -0.3 is 4.74 Å². The number of halogens is 1. The van der Waals surface area contributed by atoms with E-state index >= 15 is 0 Å². The quantitative estimate of drug-likeness (QED) is 0.775. The summed E-state index contributed by atoms with van der Waals surface area (Å²) in [4.78, 5) is 8.42. The molecular formula is C13H21ClN2O. The Balaban J connectivity index is 2.88. The third-order valence-corrected chi connectivity index (χ3v) is 3.54. The van der Waals surface area contributed by atoms with Crippen LogP contribution >= 0.6 is 11.6 Å². The molecule has 1 aromatic rings. The second kappa shape index (κ2) is 5.67. The van der Waals surface area contributed by atoms with Gasteiger partial charge in [-0.1, -0.05) is 20.8 Å². The highest BCUT2D eigenvalue weighted by molar-refractivity contribution is 6.21. The average molecular weight is 257 g/mol. The molecule has 0 aliphatic heterocycles. The maximum Gasteiger partial charge on any atom is 0.219 e. The molecule has 17 heavy (non-hydrogen) atoms. The van der Waals surface area contributed by atoms with Gasteiger partial charge in [0.05, 0.1) is 12.3 Å². The van der Waals surface area contributed by atoms with Gasteiger partial charge in [-0.3, -0.25) is 0 Å². The second-order valence-corrected chi connectivity index (χ2v) is 5.75. The molecule has 0 aromatic carbocycles. The molecule has 0 fully saturated rings. The van der Waals surface area contributed by atoms with E-state index in [4.69, 9.17) is 16.3 Å². The van der Waals surface area contributed by atoms with E-state index in [1.807, 2.05) is 13.8 Å². The van der Waals surface area contributed by atoms with Crippen molar-refractivity contribution in [1.29, 1.82) is 0 Å². The molecule has 1 aromatic heterocycles. The van der Waals surface area contributed by atoms with Gasteiger partial charge in [0.1, 0.15) is 6.33 Å². The number of nitrogens with zero attached hydrogens (tertiary/aromatic N) is 2. The minimum Gasteiger partial charge on any atom is -0.478 e. The van der Waals surface area contributed by atoms with Gasteiger partial charge in [-0.05, 0) is 19.3 Å². The smallest absolute Gasteiger partial charge is 0.219 e. The molecule has 1 heterocycles. The number of hydrogen-bond donors (Lipinski definition) is 0. The summed E-state index contributed by atoms with van der Waals surface area (Å²) in [5.41, 5.74) is 2.02. The third-order valence-electron chi connectivity index (χ3n) is 2.74. The Morgan fingerprint density at radius 2 is 2.00 bits per heavy atom. The van der Waals surface area contributed by atoms with E-state index in [-0.39, 0.29) is 10.8 Å². The van der Waals surface area contributed by atoms with E-state index in [2.05, 4.69) is 30.7 Å². The third kappa shape index (κ3) is 3.84. The predicted molar refractivity (Wildman–Crippen MR) is 70.7 cm³/mol. The number of hydrogen-bond acceptors (Lipinski definition) is 3. The zero-order valence-electron chi connectivity index (χ0n) is 11.2. The summed E-state index contributed by atoms with van der Waals surface area (Å²) in [5, 5.41) is 0.0468. The zero-order valence-corrected chi connectivity index (χ0v) is 12.0. The molecule has 1 rings (SSSR count). The van der Waals surface area contributed by atoms with Crippen molar-refractivity contribution in [2.24, 2.45) is 5.41 Å². The molecule has 0 N–H and O–H groups in total. The molecule has 1 unspecified atom stereocenters. The van der Waals surface area contributed by atoms with Crippen molar-refractivity contribution in [3.05, 3.63) is 17.6 Å². The topological polar surface area (TPSA) is 35.0 Å². The number of ether oxygens (including phenoxy) is 1. The SMILES string of the molecule is CCOc1ncnc(CC(Cl)C(C)(C)C)c1C. The van der Waals surface area contributed by atoms with E-state index in [1.54, 1.807) is 6.33 Å². The van der Waals surface area contributed by atoms with Crippen molar-refractivity contribution >= 4 is 11.6 Å². The van der Waals surface area contributed by atoms with Crippen molar-refractivity contribution in [2.45, 2.75) is 46.4 Å². The van der Waals surface area contributed by atoms with Crippen LogP contribution in [0.3, 0.4) is 0 Å². The normalized spacial score (nSPS) is 13.5. The summed E-state index contributed by atoms with van der Waals surface area (Å²) in [5.74, 6) is 0.662. The van der Waals surface area contributed by atoms with Crippen LogP contribution in [-0.2, 0) is 6.42 Å². The highest BCUT2D eigenvalue weighted by atomic mass is 35.5. The Morgan fingerprint density at radius 3 is 2.53 bits per heavy atom. The number of alkyl halides is 1. The Kier molecular flexibility index (Phi) is 4.75. The maximum atomic E-state index is 6.39. The molecule has 0 aliphatic carbocycles. The largest absolute Gasteiger partial charge is 0.478 e. The minimum absolute atomic E-state index is 0.0468. The zero-order chi connectivity index (χ0) is 13.1. The lowest BCUT2D eigenvalue weighted by Crippen LogP contribution is -2.24. The molecule has 0 bridgehead atoms. The van der Waals surface area contributed by atoms with Crippen molar-refractivity contribution < 1.29 is 4.74 Å². The summed E-state index contributed by atoms with van der Waals surface area (Å²) in [7, 11) is 0. The van der Waals surface area contributed by atoms with Crippen LogP contribution in [0.1, 0.15) is 39.0 Å². The lowest BCUT2D eigenvalue weighted by atomic mass is 9.88. The van der Waals surface area contributed by atoms with Gasteiger partial charge in [0.15, 0.2) is 0 Å². The van der Waals surface area contributed by atoms with Crippen LogP contribution < -0.4 is 4.74 Å². The Morgan fingerprint density at radius 1 is 1.35 bits per heavy atom. The fraction of sp³-hybridized carbons (Fsp3) is 0.692. The number of rotatable bonds is 4. The van der Waals surface area contributed by atoms with E-state index in [9.17, 15) is 0 Å². The maximum absolute atomic E-state index is 6.39. The Hall–Kier alpha value is -0.830. The van der Waals surface area contributed by atoms with Crippen molar-refractivity contribution in [1.82, 2.24) is 9.97 Å². The molecule has 1 atom stereocenters. The standard InChI is InChI=1S/C13H21ClN2O/c1-6-17-12-9(2)10(15-8-16-12)7-11(14)13(3,4)5/h8,11H,6-7H2,1-5H3. The van der Waals surface area contributed by atoms with Gasteiger partial charge in [0.2, 0.25) is 5.88 Å². The number of aromatic nitrogens is 2. The molecule has 0 saturated carbocycles. The fourth-order valence-corrected chi connectivity index (χ4v) is 1.58. The molecular weight excluding hydrogens is 236 g/mol. The van der Waals surface area contributed by atoms with Gasteiger partial charge in [0, 0.05) is 17.4 Å². The van der Waals surface area contributed by atoms with Crippen LogP contribution in [0.15, 0.2) is 6.33 Å². The van der Waals surface area contributed by atoms with E-state index in [1.165, 1.54) is 0 Å². The first kappa shape index (κ1) is 14.2. The summed E-state index contributed by atoms with van der Waals surface area (Å²) in [6, 6.07) is 0. The van der Waals surface area contributed by atoms with E-state index in [0.717, 1.165) is 17.7 Å². The minimum atomic E-state index is 0.0468. The van der Waals surface area contributed by atoms with Crippen LogP contribution in [0, 0.1) is 12.3 Å². The molecule has 96 valence electrons. The van der Waals surface area contributed by atoms with Gasteiger partial charge in [0.25, 0.3) is 0 Å². The summed E-state index contributed by atoms with van der Waals surface area (Å²) in [6.07, 6.45) is 2.28. The van der Waals surface area contributed by atoms with Crippen LogP contribution in [-0.4, -0.2) is 22.0 Å². The highest BCUT2D eigenvalue weighted by Gasteiger charge is 2.24. The lowest BCUT2D eigenvalue weighted by Gasteiger charge is -2.25. The molecule has 4 heteroatoms. The van der Waals surface area contributed by atoms with Gasteiger partial charge in [-0.25, -0.2) is 9.97 Å². The van der Waals surface area contributed by atoms with E-state index < -0.39 is 0 Å². The Bertz CT molecular complexity index is 374. The molecule has 0 aliphatic rings. The fourth-order valence-electron chi connectivity index (χ4n) is 1.43.